The second-order valence-corrected chi connectivity index (χ2v) is 6.99. The van der Waals surface area contributed by atoms with E-state index >= 15 is 0 Å². The maximum Gasteiger partial charge on any atom is 0.253 e. The Bertz CT molecular complexity index is 592. The van der Waals surface area contributed by atoms with E-state index < -0.39 is 0 Å². The molecule has 2 fully saturated rings. The summed E-state index contributed by atoms with van der Waals surface area (Å²) in [6, 6.07) is 7.05. The average Bonchev–Trinajstić information content (AvgIpc) is 2.92. The van der Waals surface area contributed by atoms with Gasteiger partial charge in [-0.2, -0.15) is 0 Å². The van der Waals surface area contributed by atoms with Gasteiger partial charge in [0.05, 0.1) is 6.54 Å². The Hall–Kier alpha value is -1.79. The Labute approximate surface area is 161 Å². The number of halogens is 1. The number of anilines is 1. The maximum atomic E-state index is 12.5. The number of hydrogen-bond donors (Lipinski definition) is 1. The summed E-state index contributed by atoms with van der Waals surface area (Å²) in [6.07, 6.45) is 4.70. The zero-order chi connectivity index (χ0) is 17.6. The Kier molecular flexibility index (Phi) is 7.72. The molecule has 6 nitrogen and oxygen atoms in total. The molecule has 144 valence electrons. The van der Waals surface area contributed by atoms with Crippen LogP contribution in [0.5, 0.6) is 0 Å². The van der Waals surface area contributed by atoms with Gasteiger partial charge in [0.2, 0.25) is 5.91 Å². The molecule has 2 N–H and O–H groups in total. The molecule has 0 atom stereocenters. The first-order chi connectivity index (χ1) is 12.1. The molecule has 7 heteroatoms. The van der Waals surface area contributed by atoms with Gasteiger partial charge < -0.3 is 15.5 Å². The molecule has 2 amide bonds. The van der Waals surface area contributed by atoms with Crippen molar-refractivity contribution >= 4 is 29.9 Å². The van der Waals surface area contributed by atoms with Gasteiger partial charge >= 0.3 is 0 Å². The van der Waals surface area contributed by atoms with Crippen LogP contribution >= 0.6 is 12.4 Å². The Morgan fingerprint density at radius 1 is 0.808 bits per heavy atom. The average molecular weight is 381 g/mol. The fraction of sp³-hybridized carbons (Fsp3) is 0.579. The summed E-state index contributed by atoms with van der Waals surface area (Å²) in [4.78, 5) is 31.0. The van der Waals surface area contributed by atoms with Crippen LogP contribution in [0.1, 0.15) is 36.0 Å². The van der Waals surface area contributed by atoms with Crippen molar-refractivity contribution in [3.05, 3.63) is 29.8 Å². The number of carbonyl (C=O) groups excluding carboxylic acids is 2. The van der Waals surface area contributed by atoms with Crippen molar-refractivity contribution in [1.29, 1.82) is 0 Å². The summed E-state index contributed by atoms with van der Waals surface area (Å²) in [5.41, 5.74) is 7.00. The first-order valence-electron chi connectivity index (χ1n) is 9.28. The largest absolute Gasteiger partial charge is 0.399 e. The monoisotopic (exact) mass is 380 g/mol. The van der Waals surface area contributed by atoms with Crippen molar-refractivity contribution in [2.45, 2.75) is 25.7 Å². The lowest BCUT2D eigenvalue weighted by molar-refractivity contribution is -0.132. The topological polar surface area (TPSA) is 69.9 Å². The van der Waals surface area contributed by atoms with Crippen molar-refractivity contribution in [3.63, 3.8) is 0 Å². The second kappa shape index (κ2) is 9.78. The molecule has 26 heavy (non-hydrogen) atoms. The third-order valence-corrected chi connectivity index (χ3v) is 5.13. The maximum absolute atomic E-state index is 12.5. The van der Waals surface area contributed by atoms with E-state index in [2.05, 4.69) is 4.90 Å². The summed E-state index contributed by atoms with van der Waals surface area (Å²) >= 11 is 0. The van der Waals surface area contributed by atoms with Crippen LogP contribution in [0.3, 0.4) is 0 Å². The van der Waals surface area contributed by atoms with E-state index in [1.807, 2.05) is 9.80 Å². The first-order valence-corrected chi connectivity index (χ1v) is 9.28. The first kappa shape index (κ1) is 20.5. The smallest absolute Gasteiger partial charge is 0.253 e. The summed E-state index contributed by atoms with van der Waals surface area (Å²) in [5, 5.41) is 0. The summed E-state index contributed by atoms with van der Waals surface area (Å²) in [7, 11) is 0. The minimum absolute atomic E-state index is 0. The van der Waals surface area contributed by atoms with Gasteiger partial charge in [0, 0.05) is 50.5 Å². The molecule has 2 heterocycles. The molecule has 0 radical (unpaired) electrons. The highest BCUT2D eigenvalue weighted by molar-refractivity contribution is 5.94. The van der Waals surface area contributed by atoms with Crippen LogP contribution < -0.4 is 5.73 Å². The van der Waals surface area contributed by atoms with Crippen LogP contribution in [-0.2, 0) is 4.79 Å². The standard InChI is InChI=1S/C19H28N4O2.ClH/c20-17-7-5-16(6-8-17)19(25)23-13-11-21(12-14-23)15-18(24)22-9-3-1-2-4-10-22;/h5-8H,1-4,9-15,20H2;1H. The molecule has 0 aromatic heterocycles. The molecule has 2 aliphatic heterocycles. The number of rotatable bonds is 3. The number of likely N-dealkylation sites (tertiary alicyclic amines) is 1. The van der Waals surface area contributed by atoms with Gasteiger partial charge in [-0.15, -0.1) is 12.4 Å². The van der Waals surface area contributed by atoms with E-state index in [1.54, 1.807) is 24.3 Å². The second-order valence-electron chi connectivity index (χ2n) is 6.99. The van der Waals surface area contributed by atoms with Gasteiger partial charge in [-0.3, -0.25) is 14.5 Å². The molecule has 0 saturated carbocycles. The molecular weight excluding hydrogens is 352 g/mol. The number of carbonyl (C=O) groups is 2. The molecule has 3 rings (SSSR count). The third kappa shape index (κ3) is 5.35. The van der Waals surface area contributed by atoms with E-state index in [9.17, 15) is 9.59 Å². The molecule has 0 aliphatic carbocycles. The van der Waals surface area contributed by atoms with Crippen LogP contribution in [-0.4, -0.2) is 72.3 Å². The number of amides is 2. The molecule has 1 aromatic carbocycles. The molecule has 0 spiro atoms. The summed E-state index contributed by atoms with van der Waals surface area (Å²) in [6.45, 7) is 5.10. The molecule has 2 aliphatic rings. The summed E-state index contributed by atoms with van der Waals surface area (Å²) < 4.78 is 0. The van der Waals surface area contributed by atoms with E-state index in [1.165, 1.54) is 12.8 Å². The number of benzene rings is 1. The summed E-state index contributed by atoms with van der Waals surface area (Å²) in [5.74, 6) is 0.277. The van der Waals surface area contributed by atoms with E-state index in [4.69, 9.17) is 5.73 Å². The highest BCUT2D eigenvalue weighted by atomic mass is 35.5. The quantitative estimate of drug-likeness (QED) is 0.812. The van der Waals surface area contributed by atoms with Crippen molar-refractivity contribution in [2.75, 3.05) is 51.5 Å². The van der Waals surface area contributed by atoms with Crippen molar-refractivity contribution in [3.8, 4) is 0 Å². The van der Waals surface area contributed by atoms with Crippen molar-refractivity contribution in [1.82, 2.24) is 14.7 Å². The van der Waals surface area contributed by atoms with E-state index in [-0.39, 0.29) is 24.2 Å². The lowest BCUT2D eigenvalue weighted by Gasteiger charge is -2.35. The Balaban J connectivity index is 0.00000243. The number of nitrogen functional groups attached to an aromatic ring is 1. The molecule has 0 bridgehead atoms. The van der Waals surface area contributed by atoms with Gasteiger partial charge in [0.25, 0.3) is 5.91 Å². The Morgan fingerprint density at radius 2 is 1.38 bits per heavy atom. The fourth-order valence-electron chi connectivity index (χ4n) is 3.53. The van der Waals surface area contributed by atoms with Gasteiger partial charge in [-0.25, -0.2) is 0 Å². The van der Waals surface area contributed by atoms with E-state index in [0.717, 1.165) is 39.0 Å². The highest BCUT2D eigenvalue weighted by Crippen LogP contribution is 2.13. The van der Waals surface area contributed by atoms with Crippen LogP contribution in [0, 0.1) is 0 Å². The fourth-order valence-corrected chi connectivity index (χ4v) is 3.53. The third-order valence-electron chi connectivity index (χ3n) is 5.13. The van der Waals surface area contributed by atoms with E-state index in [0.29, 0.717) is 30.9 Å². The SMILES string of the molecule is Cl.Nc1ccc(C(=O)N2CCN(CC(=O)N3CCCCCC3)CC2)cc1. The number of nitrogens with zero attached hydrogens (tertiary/aromatic N) is 3. The van der Waals surface area contributed by atoms with Crippen LogP contribution in [0.4, 0.5) is 5.69 Å². The molecule has 1 aromatic rings. The number of hydrogen-bond acceptors (Lipinski definition) is 4. The highest BCUT2D eigenvalue weighted by Gasteiger charge is 2.25. The van der Waals surface area contributed by atoms with Crippen molar-refractivity contribution < 1.29 is 9.59 Å². The normalized spacial score (nSPS) is 18.8. The van der Waals surface area contributed by atoms with Crippen molar-refractivity contribution in [2.24, 2.45) is 0 Å². The molecular formula is C19H29ClN4O2. The lowest BCUT2D eigenvalue weighted by atomic mass is 10.1. The number of nitrogens with two attached hydrogens (primary N) is 1. The minimum atomic E-state index is 0. The van der Waals surface area contributed by atoms with Gasteiger partial charge in [0.15, 0.2) is 0 Å². The van der Waals surface area contributed by atoms with Crippen LogP contribution in [0.15, 0.2) is 24.3 Å². The lowest BCUT2D eigenvalue weighted by Crippen LogP contribution is -2.51. The molecule has 2 saturated heterocycles. The predicted octanol–water partition coefficient (Wildman–Crippen LogP) is 1.85. The predicted molar refractivity (Wildman–Crippen MR) is 105 cm³/mol. The van der Waals surface area contributed by atoms with Crippen LogP contribution in [0.25, 0.3) is 0 Å². The molecule has 0 unspecified atom stereocenters. The Morgan fingerprint density at radius 3 is 1.96 bits per heavy atom. The van der Waals surface area contributed by atoms with Gasteiger partial charge in [-0.05, 0) is 37.1 Å². The zero-order valence-corrected chi connectivity index (χ0v) is 16.0. The number of piperazine rings is 1. The van der Waals surface area contributed by atoms with Crippen LogP contribution in [0.2, 0.25) is 0 Å². The van der Waals surface area contributed by atoms with Gasteiger partial charge in [0.1, 0.15) is 0 Å². The minimum Gasteiger partial charge on any atom is -0.399 e. The van der Waals surface area contributed by atoms with Gasteiger partial charge in [-0.1, -0.05) is 12.8 Å². The zero-order valence-electron chi connectivity index (χ0n) is 15.2.